The van der Waals surface area contributed by atoms with Crippen molar-refractivity contribution in [1.29, 1.82) is 0 Å². The summed E-state index contributed by atoms with van der Waals surface area (Å²) in [6.07, 6.45) is -3.39. The van der Waals surface area contributed by atoms with Gasteiger partial charge in [0.05, 0.1) is 24.9 Å². The summed E-state index contributed by atoms with van der Waals surface area (Å²) in [5.41, 5.74) is 23.3. The molecule has 11 atom stereocenters. The Kier molecular flexibility index (Phi) is 10.4. The molecule has 198 valence electrons. The summed E-state index contributed by atoms with van der Waals surface area (Å²) in [7, 11) is 0. The number of nitrogens with one attached hydrogen (secondary N) is 1. The highest BCUT2D eigenvalue weighted by Gasteiger charge is 2.46. The van der Waals surface area contributed by atoms with E-state index >= 15 is 0 Å². The number of hydrogen-bond acceptors (Lipinski definition) is 12. The van der Waals surface area contributed by atoms with Crippen LogP contribution in [0.5, 0.6) is 0 Å². The molecule has 2 saturated heterocycles. The first-order valence-electron chi connectivity index (χ1n) is 12.0. The molecule has 0 radical (unpaired) electrons. The van der Waals surface area contributed by atoms with Gasteiger partial charge in [-0.2, -0.15) is 0 Å². The summed E-state index contributed by atoms with van der Waals surface area (Å²) in [6.45, 7) is 0.121. The SMILES string of the molecule is NCCCC(=O)NC1CC(N)CC(OC2C[C@H](O[C@H]3O[C@@H](CN)[C@@H](O)C(O)[C@H]3N)C(CO)O2)C1. The van der Waals surface area contributed by atoms with Gasteiger partial charge >= 0.3 is 0 Å². The number of carbonyl (C=O) groups excluding carboxylic acids is 1. The van der Waals surface area contributed by atoms with E-state index in [0.717, 1.165) is 0 Å². The predicted molar refractivity (Wildman–Crippen MR) is 120 cm³/mol. The summed E-state index contributed by atoms with van der Waals surface area (Å²) < 4.78 is 23.5. The number of ether oxygens (including phenoxy) is 4. The molecule has 1 aliphatic carbocycles. The second-order valence-electron chi connectivity index (χ2n) is 9.42. The van der Waals surface area contributed by atoms with E-state index in [1.54, 1.807) is 0 Å². The Morgan fingerprint density at radius 1 is 1.00 bits per heavy atom. The smallest absolute Gasteiger partial charge is 0.220 e. The van der Waals surface area contributed by atoms with Crippen molar-refractivity contribution in [2.24, 2.45) is 22.9 Å². The highest BCUT2D eigenvalue weighted by molar-refractivity contribution is 5.76. The van der Waals surface area contributed by atoms with Gasteiger partial charge in [0.1, 0.15) is 24.4 Å². The van der Waals surface area contributed by atoms with Gasteiger partial charge < -0.3 is 62.5 Å². The van der Waals surface area contributed by atoms with Crippen molar-refractivity contribution in [3.8, 4) is 0 Å². The second-order valence-corrected chi connectivity index (χ2v) is 9.42. The van der Waals surface area contributed by atoms with Crippen LogP contribution in [0.4, 0.5) is 0 Å². The zero-order chi connectivity index (χ0) is 24.8. The summed E-state index contributed by atoms with van der Waals surface area (Å²) in [6, 6.07) is -1.23. The molecule has 6 unspecified atom stereocenters. The zero-order valence-corrected chi connectivity index (χ0v) is 19.4. The number of aliphatic hydroxyl groups excluding tert-OH is 3. The van der Waals surface area contributed by atoms with Crippen molar-refractivity contribution >= 4 is 5.91 Å². The average Bonchev–Trinajstić information content (AvgIpc) is 3.18. The van der Waals surface area contributed by atoms with Crippen LogP contribution in [-0.2, 0) is 23.7 Å². The van der Waals surface area contributed by atoms with Crippen LogP contribution in [0.15, 0.2) is 0 Å². The third-order valence-electron chi connectivity index (χ3n) is 6.65. The molecule has 0 aromatic heterocycles. The van der Waals surface area contributed by atoms with Crippen molar-refractivity contribution in [3.63, 3.8) is 0 Å². The van der Waals surface area contributed by atoms with E-state index in [1.165, 1.54) is 0 Å². The zero-order valence-electron chi connectivity index (χ0n) is 19.4. The molecule has 0 aromatic carbocycles. The molecule has 2 aliphatic heterocycles. The van der Waals surface area contributed by atoms with E-state index in [1.807, 2.05) is 0 Å². The standard InChI is InChI=1S/C21H41N5O8/c22-3-1-2-16(28)26-11-4-10(24)5-12(6-11)31-17-7-13(15(9-27)32-17)33-21-18(25)20(30)19(29)14(8-23)34-21/h10-15,17-21,27,29-30H,1-9,22-25H2,(H,26,28)/t10?,11?,12?,13-,14-,15?,17?,18+,19+,20?,21-/m0/s1. The summed E-state index contributed by atoms with van der Waals surface area (Å²) in [5, 5.41) is 33.0. The lowest BCUT2D eigenvalue weighted by atomic mass is 9.89. The minimum absolute atomic E-state index is 0.0208. The third kappa shape index (κ3) is 7.04. The molecule has 13 heteroatoms. The second kappa shape index (κ2) is 12.8. The predicted octanol–water partition coefficient (Wildman–Crippen LogP) is -3.67. The maximum Gasteiger partial charge on any atom is 0.220 e. The minimum Gasteiger partial charge on any atom is -0.394 e. The molecule has 3 fully saturated rings. The highest BCUT2D eigenvalue weighted by Crippen LogP contribution is 2.31. The van der Waals surface area contributed by atoms with Crippen LogP contribution >= 0.6 is 0 Å². The maximum absolute atomic E-state index is 12.1. The third-order valence-corrected chi connectivity index (χ3v) is 6.65. The Morgan fingerprint density at radius 2 is 1.76 bits per heavy atom. The molecule has 34 heavy (non-hydrogen) atoms. The van der Waals surface area contributed by atoms with Gasteiger partial charge in [-0.25, -0.2) is 0 Å². The fraction of sp³-hybridized carbons (Fsp3) is 0.952. The number of amides is 1. The molecule has 1 amide bonds. The molecule has 3 aliphatic rings. The minimum atomic E-state index is -1.27. The summed E-state index contributed by atoms with van der Waals surface area (Å²) in [5.74, 6) is -0.0545. The van der Waals surface area contributed by atoms with Crippen LogP contribution in [0.3, 0.4) is 0 Å². The van der Waals surface area contributed by atoms with E-state index < -0.39 is 49.1 Å². The van der Waals surface area contributed by atoms with Gasteiger partial charge in [-0.15, -0.1) is 0 Å². The maximum atomic E-state index is 12.1. The van der Waals surface area contributed by atoms with Crippen LogP contribution in [-0.4, -0.2) is 108 Å². The lowest BCUT2D eigenvalue weighted by Gasteiger charge is -2.41. The Hall–Kier alpha value is -0.970. The topological polar surface area (TPSA) is 231 Å². The Bertz CT molecular complexity index is 646. The van der Waals surface area contributed by atoms with E-state index in [0.29, 0.717) is 45.1 Å². The van der Waals surface area contributed by atoms with Gasteiger partial charge in [-0.1, -0.05) is 0 Å². The van der Waals surface area contributed by atoms with Gasteiger partial charge in [-0.3, -0.25) is 4.79 Å². The summed E-state index contributed by atoms with van der Waals surface area (Å²) >= 11 is 0. The van der Waals surface area contributed by atoms with Crippen molar-refractivity contribution in [2.45, 2.75) is 106 Å². The van der Waals surface area contributed by atoms with E-state index in [-0.39, 0.29) is 37.2 Å². The highest BCUT2D eigenvalue weighted by atomic mass is 16.7. The first-order valence-corrected chi connectivity index (χ1v) is 12.0. The number of hydrogen-bond donors (Lipinski definition) is 8. The first kappa shape index (κ1) is 27.6. The number of rotatable bonds is 10. The normalized spacial score (nSPS) is 43.1. The van der Waals surface area contributed by atoms with E-state index in [9.17, 15) is 20.1 Å². The number of aliphatic hydroxyl groups is 3. The number of nitrogens with two attached hydrogens (primary N) is 4. The van der Waals surface area contributed by atoms with E-state index in [2.05, 4.69) is 5.32 Å². The van der Waals surface area contributed by atoms with Crippen molar-refractivity contribution in [2.75, 3.05) is 19.7 Å². The van der Waals surface area contributed by atoms with Crippen LogP contribution in [0.1, 0.15) is 38.5 Å². The molecule has 0 bridgehead atoms. The van der Waals surface area contributed by atoms with E-state index in [4.69, 9.17) is 41.9 Å². The van der Waals surface area contributed by atoms with Gasteiger partial charge in [0.15, 0.2) is 12.6 Å². The monoisotopic (exact) mass is 491 g/mol. The fourth-order valence-corrected chi connectivity index (χ4v) is 4.83. The van der Waals surface area contributed by atoms with Gasteiger partial charge in [-0.05, 0) is 32.2 Å². The Labute approximate surface area is 199 Å². The molecular formula is C21H41N5O8. The van der Waals surface area contributed by atoms with Crippen molar-refractivity contribution in [1.82, 2.24) is 5.32 Å². The largest absolute Gasteiger partial charge is 0.394 e. The molecule has 12 N–H and O–H groups in total. The quantitative estimate of drug-likeness (QED) is 0.148. The Morgan fingerprint density at radius 3 is 2.44 bits per heavy atom. The average molecular weight is 492 g/mol. The van der Waals surface area contributed by atoms with Crippen LogP contribution in [0, 0.1) is 0 Å². The Balaban J connectivity index is 1.54. The lowest BCUT2D eigenvalue weighted by molar-refractivity contribution is -0.274. The molecule has 3 rings (SSSR count). The fourth-order valence-electron chi connectivity index (χ4n) is 4.83. The van der Waals surface area contributed by atoms with Crippen molar-refractivity contribution < 1.29 is 39.1 Å². The van der Waals surface area contributed by atoms with Crippen LogP contribution in [0.25, 0.3) is 0 Å². The van der Waals surface area contributed by atoms with Gasteiger partial charge in [0.25, 0.3) is 0 Å². The van der Waals surface area contributed by atoms with Crippen molar-refractivity contribution in [3.05, 3.63) is 0 Å². The van der Waals surface area contributed by atoms with Crippen LogP contribution in [0.2, 0.25) is 0 Å². The van der Waals surface area contributed by atoms with Gasteiger partial charge in [0, 0.05) is 31.5 Å². The summed E-state index contributed by atoms with van der Waals surface area (Å²) in [4.78, 5) is 12.1. The molecular weight excluding hydrogens is 450 g/mol. The van der Waals surface area contributed by atoms with Crippen LogP contribution < -0.4 is 28.3 Å². The molecule has 2 heterocycles. The lowest BCUT2D eigenvalue weighted by Crippen LogP contribution is -2.63. The van der Waals surface area contributed by atoms with Gasteiger partial charge in [0.2, 0.25) is 5.91 Å². The molecule has 1 saturated carbocycles. The number of carbonyl (C=O) groups is 1. The molecule has 13 nitrogen and oxygen atoms in total. The molecule has 0 aromatic rings. The molecule has 0 spiro atoms. The first-order chi connectivity index (χ1) is 16.2.